The summed E-state index contributed by atoms with van der Waals surface area (Å²) in [6.45, 7) is 1.72. The number of benzene rings is 1. The Kier molecular flexibility index (Phi) is 4.18. The van der Waals surface area contributed by atoms with E-state index in [-0.39, 0.29) is 0 Å². The Hall–Kier alpha value is -1.59. The molecule has 0 spiro atoms. The van der Waals surface area contributed by atoms with Crippen molar-refractivity contribution in [3.8, 4) is 17.0 Å². The maximum atomic E-state index is 5.60. The van der Waals surface area contributed by atoms with Crippen molar-refractivity contribution in [2.75, 3.05) is 25.6 Å². The molecule has 2 heterocycles. The fourth-order valence-electron chi connectivity index (χ4n) is 2.34. The molecule has 5 heteroatoms. The Labute approximate surface area is 122 Å². The average Bonchev–Trinajstić information content (AvgIpc) is 3.16. The van der Waals surface area contributed by atoms with Crippen molar-refractivity contribution in [1.82, 2.24) is 4.98 Å². The molecular formula is C15H18N2O2S. The molecule has 1 N–H and O–H groups in total. The number of hydrogen-bond donors (Lipinski definition) is 1. The van der Waals surface area contributed by atoms with Gasteiger partial charge in [0.05, 0.1) is 18.9 Å². The lowest BCUT2D eigenvalue weighted by Crippen LogP contribution is -2.18. The third-order valence-electron chi connectivity index (χ3n) is 3.39. The van der Waals surface area contributed by atoms with E-state index in [1.807, 2.05) is 24.3 Å². The van der Waals surface area contributed by atoms with E-state index in [2.05, 4.69) is 15.7 Å². The number of ether oxygens (including phenoxy) is 2. The maximum Gasteiger partial charge on any atom is 0.183 e. The minimum absolute atomic E-state index is 0.327. The lowest BCUT2D eigenvalue weighted by Gasteiger charge is -2.09. The maximum absolute atomic E-state index is 5.60. The molecule has 0 radical (unpaired) electrons. The molecule has 1 aromatic heterocycles. The number of hydrogen-bond acceptors (Lipinski definition) is 5. The minimum Gasteiger partial charge on any atom is -0.496 e. The van der Waals surface area contributed by atoms with E-state index in [9.17, 15) is 0 Å². The van der Waals surface area contributed by atoms with Gasteiger partial charge in [0.15, 0.2) is 5.13 Å². The molecule has 1 aliphatic rings. The Morgan fingerprint density at radius 1 is 1.45 bits per heavy atom. The number of methoxy groups -OCH3 is 1. The highest BCUT2D eigenvalue weighted by molar-refractivity contribution is 7.14. The van der Waals surface area contributed by atoms with Gasteiger partial charge in [-0.3, -0.25) is 0 Å². The Balaban J connectivity index is 1.69. The number of anilines is 1. The van der Waals surface area contributed by atoms with Crippen LogP contribution in [0.4, 0.5) is 5.13 Å². The predicted octanol–water partition coefficient (Wildman–Crippen LogP) is 3.41. The summed E-state index contributed by atoms with van der Waals surface area (Å²) in [6, 6.07) is 7.94. The molecule has 2 aromatic rings. The molecule has 1 aromatic carbocycles. The first kappa shape index (κ1) is 13.4. The largest absolute Gasteiger partial charge is 0.496 e. The van der Waals surface area contributed by atoms with Gasteiger partial charge in [0.1, 0.15) is 5.75 Å². The van der Waals surface area contributed by atoms with E-state index in [4.69, 9.17) is 9.47 Å². The van der Waals surface area contributed by atoms with Crippen molar-refractivity contribution in [3.63, 3.8) is 0 Å². The number of para-hydroxylation sites is 1. The highest BCUT2D eigenvalue weighted by Crippen LogP contribution is 2.31. The van der Waals surface area contributed by atoms with Gasteiger partial charge in [-0.2, -0.15) is 0 Å². The molecule has 0 bridgehead atoms. The van der Waals surface area contributed by atoms with Gasteiger partial charge in [-0.15, -0.1) is 11.3 Å². The molecule has 0 aliphatic carbocycles. The summed E-state index contributed by atoms with van der Waals surface area (Å²) in [4.78, 5) is 4.62. The van der Waals surface area contributed by atoms with E-state index in [0.717, 1.165) is 48.1 Å². The zero-order valence-corrected chi connectivity index (χ0v) is 12.3. The van der Waals surface area contributed by atoms with Crippen LogP contribution in [0.5, 0.6) is 5.75 Å². The molecule has 1 fully saturated rings. The molecule has 1 unspecified atom stereocenters. The van der Waals surface area contributed by atoms with Gasteiger partial charge >= 0.3 is 0 Å². The van der Waals surface area contributed by atoms with E-state index in [1.54, 1.807) is 18.4 Å². The molecule has 1 aliphatic heterocycles. The smallest absolute Gasteiger partial charge is 0.183 e. The normalized spacial score (nSPS) is 18.1. The minimum atomic E-state index is 0.327. The van der Waals surface area contributed by atoms with Crippen LogP contribution in [0.2, 0.25) is 0 Å². The highest BCUT2D eigenvalue weighted by atomic mass is 32.1. The summed E-state index contributed by atoms with van der Waals surface area (Å²) in [5.41, 5.74) is 1.97. The summed E-state index contributed by atoms with van der Waals surface area (Å²) >= 11 is 1.61. The fraction of sp³-hybridized carbons (Fsp3) is 0.400. The number of aromatic nitrogens is 1. The second-order valence-corrected chi connectivity index (χ2v) is 5.61. The van der Waals surface area contributed by atoms with Crippen molar-refractivity contribution in [2.45, 2.75) is 18.9 Å². The number of rotatable bonds is 5. The molecular weight excluding hydrogens is 272 g/mol. The first-order valence-electron chi connectivity index (χ1n) is 6.81. The lowest BCUT2D eigenvalue weighted by molar-refractivity contribution is 0.120. The summed E-state index contributed by atoms with van der Waals surface area (Å²) in [7, 11) is 1.68. The van der Waals surface area contributed by atoms with Crippen molar-refractivity contribution in [3.05, 3.63) is 29.6 Å². The predicted molar refractivity (Wildman–Crippen MR) is 81.6 cm³/mol. The quantitative estimate of drug-likeness (QED) is 0.916. The van der Waals surface area contributed by atoms with Crippen molar-refractivity contribution in [2.24, 2.45) is 0 Å². The van der Waals surface area contributed by atoms with Crippen LogP contribution in [0.15, 0.2) is 29.6 Å². The molecule has 0 amide bonds. The van der Waals surface area contributed by atoms with Gasteiger partial charge in [0, 0.05) is 24.1 Å². The van der Waals surface area contributed by atoms with Crippen LogP contribution >= 0.6 is 11.3 Å². The van der Waals surface area contributed by atoms with E-state index in [0.29, 0.717) is 6.10 Å². The monoisotopic (exact) mass is 290 g/mol. The van der Waals surface area contributed by atoms with Crippen LogP contribution in [-0.4, -0.2) is 31.3 Å². The third kappa shape index (κ3) is 2.94. The summed E-state index contributed by atoms with van der Waals surface area (Å²) < 4.78 is 11.0. The molecule has 0 saturated carbocycles. The third-order valence-corrected chi connectivity index (χ3v) is 4.19. The molecule has 20 heavy (non-hydrogen) atoms. The second-order valence-electron chi connectivity index (χ2n) is 4.75. The van der Waals surface area contributed by atoms with Crippen LogP contribution in [0.1, 0.15) is 12.8 Å². The molecule has 1 atom stereocenters. The highest BCUT2D eigenvalue weighted by Gasteiger charge is 2.16. The van der Waals surface area contributed by atoms with Crippen LogP contribution < -0.4 is 10.1 Å². The molecule has 3 rings (SSSR count). The van der Waals surface area contributed by atoms with Crippen LogP contribution in [0.25, 0.3) is 11.3 Å². The fourth-order valence-corrected chi connectivity index (χ4v) is 3.06. The molecule has 1 saturated heterocycles. The zero-order valence-electron chi connectivity index (χ0n) is 11.5. The first-order chi connectivity index (χ1) is 9.86. The molecule has 4 nitrogen and oxygen atoms in total. The number of thiazole rings is 1. The summed E-state index contributed by atoms with van der Waals surface area (Å²) in [5.74, 6) is 0.850. The Bertz CT molecular complexity index is 565. The van der Waals surface area contributed by atoms with Crippen molar-refractivity contribution in [1.29, 1.82) is 0 Å². The molecule has 106 valence electrons. The van der Waals surface area contributed by atoms with Crippen molar-refractivity contribution < 1.29 is 9.47 Å². The van der Waals surface area contributed by atoms with Crippen LogP contribution in [-0.2, 0) is 4.74 Å². The first-order valence-corrected chi connectivity index (χ1v) is 7.69. The summed E-state index contributed by atoms with van der Waals surface area (Å²) in [6.07, 6.45) is 2.63. The summed E-state index contributed by atoms with van der Waals surface area (Å²) in [5, 5.41) is 6.34. The van der Waals surface area contributed by atoms with Gasteiger partial charge in [-0.25, -0.2) is 4.98 Å². The van der Waals surface area contributed by atoms with Gasteiger partial charge in [0.25, 0.3) is 0 Å². The SMILES string of the molecule is COc1ccccc1-c1csc(NCC2CCCO2)n1. The lowest BCUT2D eigenvalue weighted by atomic mass is 10.1. The van der Waals surface area contributed by atoms with Gasteiger partial charge in [-0.1, -0.05) is 12.1 Å². The topological polar surface area (TPSA) is 43.4 Å². The average molecular weight is 290 g/mol. The van der Waals surface area contributed by atoms with Gasteiger partial charge in [-0.05, 0) is 25.0 Å². The number of nitrogens with one attached hydrogen (secondary N) is 1. The van der Waals surface area contributed by atoms with Crippen LogP contribution in [0, 0.1) is 0 Å². The van der Waals surface area contributed by atoms with E-state index >= 15 is 0 Å². The number of nitrogens with zero attached hydrogens (tertiary/aromatic N) is 1. The van der Waals surface area contributed by atoms with Crippen molar-refractivity contribution >= 4 is 16.5 Å². The van der Waals surface area contributed by atoms with Gasteiger partial charge in [0.2, 0.25) is 0 Å². The second kappa shape index (κ2) is 6.24. The Morgan fingerprint density at radius 3 is 3.15 bits per heavy atom. The van der Waals surface area contributed by atoms with Crippen LogP contribution in [0.3, 0.4) is 0 Å². The van der Waals surface area contributed by atoms with E-state index < -0.39 is 0 Å². The van der Waals surface area contributed by atoms with E-state index in [1.165, 1.54) is 0 Å². The van der Waals surface area contributed by atoms with Gasteiger partial charge < -0.3 is 14.8 Å². The standard InChI is InChI=1S/C15H18N2O2S/c1-18-14-7-3-2-6-12(14)13-10-20-15(17-13)16-9-11-5-4-8-19-11/h2-3,6-7,10-11H,4-5,8-9H2,1H3,(H,16,17). The Morgan fingerprint density at radius 2 is 2.35 bits per heavy atom. The zero-order chi connectivity index (χ0) is 13.8.